The van der Waals surface area contributed by atoms with Gasteiger partial charge >= 0.3 is 0 Å². The maximum absolute atomic E-state index is 11.0. The molecule has 1 heterocycles. The number of aromatic amines is 1. The molecule has 2 N–H and O–H groups in total. The van der Waals surface area contributed by atoms with Crippen molar-refractivity contribution in [3.63, 3.8) is 0 Å². The van der Waals surface area contributed by atoms with Gasteiger partial charge in [-0.1, -0.05) is 36.0 Å². The zero-order valence-electron chi connectivity index (χ0n) is 8.50. The quantitative estimate of drug-likeness (QED) is 0.763. The van der Waals surface area contributed by atoms with Crippen LogP contribution in [0.1, 0.15) is 6.92 Å². The highest BCUT2D eigenvalue weighted by Gasteiger charge is 2.03. The van der Waals surface area contributed by atoms with E-state index >= 15 is 0 Å². The first-order chi connectivity index (χ1) is 7.58. The van der Waals surface area contributed by atoms with Gasteiger partial charge in [0, 0.05) is 12.3 Å². The van der Waals surface area contributed by atoms with E-state index in [2.05, 4.69) is 10.3 Å². The van der Waals surface area contributed by atoms with Crippen molar-refractivity contribution in [2.45, 2.75) is 6.92 Å². The van der Waals surface area contributed by atoms with Crippen molar-refractivity contribution in [3.8, 4) is 0 Å². The highest BCUT2D eigenvalue weighted by atomic mass is 35.5. The fraction of sp³-hybridized carbons (Fsp3) is 0.0909. The number of hydrogen-bond donors (Lipinski definition) is 2. The van der Waals surface area contributed by atoms with E-state index in [1.165, 1.54) is 6.92 Å². The molecule has 0 unspecified atom stereocenters. The number of carbonyl (C=O) groups is 1. The van der Waals surface area contributed by atoms with Crippen molar-refractivity contribution in [1.29, 1.82) is 0 Å². The molecule has 5 heteroatoms. The summed E-state index contributed by atoms with van der Waals surface area (Å²) in [6, 6.07) is 7.34. The molecule has 0 aliphatic heterocycles. The molecular weight excluding hydrogens is 244 g/mol. The third-order valence-corrected chi connectivity index (χ3v) is 2.78. The van der Waals surface area contributed by atoms with E-state index in [1.54, 1.807) is 12.1 Å². The number of carbonyl (C=O) groups excluding carboxylic acids is 1. The predicted octanol–water partition coefficient (Wildman–Crippen LogP) is 3.51. The Morgan fingerprint density at radius 1 is 1.50 bits per heavy atom. The Morgan fingerprint density at radius 3 is 2.94 bits per heavy atom. The number of H-pyrrole nitrogens is 1. The van der Waals surface area contributed by atoms with E-state index < -0.39 is 0 Å². The van der Waals surface area contributed by atoms with Crippen LogP contribution >= 0.6 is 23.8 Å². The molecule has 0 saturated carbocycles. The summed E-state index contributed by atoms with van der Waals surface area (Å²) in [5.74, 6) is -0.152. The first-order valence-electron chi connectivity index (χ1n) is 4.67. The maximum Gasteiger partial charge on any atom is 0.221 e. The summed E-state index contributed by atoms with van der Waals surface area (Å²) in [5, 5.41) is 4.18. The van der Waals surface area contributed by atoms with Crippen molar-refractivity contribution in [1.82, 2.24) is 4.98 Å². The number of aromatic nitrogens is 1. The van der Waals surface area contributed by atoms with Gasteiger partial charge in [0.1, 0.15) is 4.64 Å². The average Bonchev–Trinajstić information content (AvgIpc) is 2.20. The maximum atomic E-state index is 11.0. The zero-order chi connectivity index (χ0) is 11.7. The Labute approximate surface area is 102 Å². The molecule has 0 fully saturated rings. The summed E-state index contributed by atoms with van der Waals surface area (Å²) in [4.78, 5) is 14.0. The molecule has 0 bridgehead atoms. The van der Waals surface area contributed by atoms with E-state index in [1.807, 2.05) is 12.1 Å². The first kappa shape index (κ1) is 11.1. The Hall–Kier alpha value is -1.39. The summed E-state index contributed by atoms with van der Waals surface area (Å²) < 4.78 is 0.468. The van der Waals surface area contributed by atoms with Crippen molar-refractivity contribution >= 4 is 46.3 Å². The molecule has 2 aromatic rings. The number of fused-ring (bicyclic) bond motifs is 1. The van der Waals surface area contributed by atoms with Crippen LogP contribution in [0.25, 0.3) is 10.9 Å². The Balaban J connectivity index is 2.68. The smallest absolute Gasteiger partial charge is 0.221 e. The third kappa shape index (κ3) is 2.08. The molecule has 0 atom stereocenters. The van der Waals surface area contributed by atoms with Crippen LogP contribution in [0.5, 0.6) is 0 Å². The van der Waals surface area contributed by atoms with Crippen LogP contribution in [0.3, 0.4) is 0 Å². The summed E-state index contributed by atoms with van der Waals surface area (Å²) in [5.41, 5.74) is 1.38. The predicted molar refractivity (Wildman–Crippen MR) is 68.4 cm³/mol. The molecule has 16 heavy (non-hydrogen) atoms. The minimum atomic E-state index is -0.152. The molecule has 0 radical (unpaired) electrons. The van der Waals surface area contributed by atoms with Crippen LogP contribution in [0.4, 0.5) is 5.69 Å². The molecule has 0 aliphatic carbocycles. The Bertz CT molecular complexity index is 621. The topological polar surface area (TPSA) is 44.9 Å². The van der Waals surface area contributed by atoms with Crippen LogP contribution in [0.15, 0.2) is 24.3 Å². The second-order valence-electron chi connectivity index (χ2n) is 3.40. The van der Waals surface area contributed by atoms with E-state index in [4.69, 9.17) is 23.8 Å². The van der Waals surface area contributed by atoms with Crippen LogP contribution in [-0.2, 0) is 4.79 Å². The second kappa shape index (κ2) is 4.23. The molecule has 82 valence electrons. The SMILES string of the molecule is CC(=O)Nc1cc2cccc(Cl)c2[nH]c1=S. The molecule has 0 saturated heterocycles. The van der Waals surface area contributed by atoms with E-state index in [9.17, 15) is 4.79 Å². The molecule has 2 rings (SSSR count). The van der Waals surface area contributed by atoms with E-state index in [-0.39, 0.29) is 5.91 Å². The van der Waals surface area contributed by atoms with Gasteiger partial charge in [0.05, 0.1) is 16.2 Å². The van der Waals surface area contributed by atoms with Gasteiger partial charge in [-0.3, -0.25) is 4.79 Å². The lowest BCUT2D eigenvalue weighted by atomic mass is 10.2. The standard InChI is InChI=1S/C11H9ClN2OS/c1-6(15)13-9-5-7-3-2-4-8(12)10(7)14-11(9)16/h2-5H,1H3,(H,13,15)(H,14,16). The Morgan fingerprint density at radius 2 is 2.25 bits per heavy atom. The summed E-state index contributed by atoms with van der Waals surface area (Å²) in [6.07, 6.45) is 0. The lowest BCUT2D eigenvalue weighted by Crippen LogP contribution is -2.06. The lowest BCUT2D eigenvalue weighted by Gasteiger charge is -2.06. The van der Waals surface area contributed by atoms with Crippen molar-refractivity contribution in [3.05, 3.63) is 33.9 Å². The number of para-hydroxylation sites is 1. The number of halogens is 1. The third-order valence-electron chi connectivity index (χ3n) is 2.14. The van der Waals surface area contributed by atoms with E-state index in [0.717, 1.165) is 10.9 Å². The fourth-order valence-electron chi connectivity index (χ4n) is 1.48. The van der Waals surface area contributed by atoms with Gasteiger partial charge in [0.2, 0.25) is 5.91 Å². The number of anilines is 1. The number of benzene rings is 1. The van der Waals surface area contributed by atoms with Gasteiger partial charge in [-0.05, 0) is 12.1 Å². The number of amides is 1. The van der Waals surface area contributed by atoms with Crippen molar-refractivity contribution < 1.29 is 4.79 Å². The minimum absolute atomic E-state index is 0.152. The summed E-state index contributed by atoms with van der Waals surface area (Å²) in [6.45, 7) is 1.44. The first-order valence-corrected chi connectivity index (χ1v) is 5.45. The van der Waals surface area contributed by atoms with Gasteiger partial charge in [-0.25, -0.2) is 0 Å². The second-order valence-corrected chi connectivity index (χ2v) is 4.21. The van der Waals surface area contributed by atoms with Crippen LogP contribution in [-0.4, -0.2) is 10.9 Å². The van der Waals surface area contributed by atoms with Gasteiger partial charge in [-0.2, -0.15) is 0 Å². The molecule has 1 aromatic heterocycles. The van der Waals surface area contributed by atoms with E-state index in [0.29, 0.717) is 15.4 Å². The summed E-state index contributed by atoms with van der Waals surface area (Å²) in [7, 11) is 0. The number of rotatable bonds is 1. The van der Waals surface area contributed by atoms with Crippen LogP contribution in [0.2, 0.25) is 5.02 Å². The van der Waals surface area contributed by atoms with Gasteiger partial charge in [-0.15, -0.1) is 0 Å². The largest absolute Gasteiger partial charge is 0.343 e. The minimum Gasteiger partial charge on any atom is -0.343 e. The number of hydrogen-bond acceptors (Lipinski definition) is 2. The Kier molecular flexibility index (Phi) is 2.94. The fourth-order valence-corrected chi connectivity index (χ4v) is 1.92. The van der Waals surface area contributed by atoms with Crippen molar-refractivity contribution in [2.75, 3.05) is 5.32 Å². The molecule has 1 aromatic carbocycles. The monoisotopic (exact) mass is 252 g/mol. The van der Waals surface area contributed by atoms with Crippen LogP contribution in [0, 0.1) is 4.64 Å². The average molecular weight is 253 g/mol. The normalized spacial score (nSPS) is 10.4. The van der Waals surface area contributed by atoms with Crippen molar-refractivity contribution in [2.24, 2.45) is 0 Å². The van der Waals surface area contributed by atoms with Gasteiger partial charge < -0.3 is 10.3 Å². The summed E-state index contributed by atoms with van der Waals surface area (Å²) >= 11 is 11.2. The molecular formula is C11H9ClN2OS. The van der Waals surface area contributed by atoms with Gasteiger partial charge in [0.15, 0.2) is 0 Å². The van der Waals surface area contributed by atoms with Gasteiger partial charge in [0.25, 0.3) is 0 Å². The number of pyridine rings is 1. The highest BCUT2D eigenvalue weighted by Crippen LogP contribution is 2.24. The molecule has 3 nitrogen and oxygen atoms in total. The van der Waals surface area contributed by atoms with Crippen LogP contribution < -0.4 is 5.32 Å². The molecule has 0 aliphatic rings. The lowest BCUT2D eigenvalue weighted by molar-refractivity contribution is -0.114. The zero-order valence-corrected chi connectivity index (χ0v) is 10.1. The molecule has 1 amide bonds. The highest BCUT2D eigenvalue weighted by molar-refractivity contribution is 7.71. The number of nitrogens with one attached hydrogen (secondary N) is 2. The molecule has 0 spiro atoms.